The number of ether oxygens (including phenoxy) is 1. The number of carbonyl (C=O) groups excluding carboxylic acids is 1. The van der Waals surface area contributed by atoms with Crippen molar-refractivity contribution in [2.24, 2.45) is 23.7 Å². The van der Waals surface area contributed by atoms with E-state index in [1.54, 1.807) is 11.9 Å². The van der Waals surface area contributed by atoms with Gasteiger partial charge in [-0.05, 0) is 64.7 Å². The molecule has 174 valence electrons. The van der Waals surface area contributed by atoms with E-state index in [2.05, 4.69) is 17.9 Å². The highest BCUT2D eigenvalue weighted by atomic mass is 16.5. The van der Waals surface area contributed by atoms with Crippen LogP contribution in [0, 0.1) is 35.5 Å². The molecule has 0 aromatic carbocycles. The van der Waals surface area contributed by atoms with Crippen molar-refractivity contribution in [3.8, 4) is 11.8 Å². The van der Waals surface area contributed by atoms with Crippen LogP contribution in [0.2, 0.25) is 0 Å². The summed E-state index contributed by atoms with van der Waals surface area (Å²) in [5.41, 5.74) is 1.14. The molecule has 6 atom stereocenters. The number of aliphatic hydroxyl groups is 2. The first-order valence-electron chi connectivity index (χ1n) is 11.5. The molecular formula is C26H41NO4. The zero-order valence-electron chi connectivity index (χ0n) is 20.1. The molecule has 0 spiro atoms. The molecule has 5 heteroatoms. The first kappa shape index (κ1) is 25.6. The lowest BCUT2D eigenvalue weighted by Crippen LogP contribution is -2.44. The average molecular weight is 432 g/mol. The van der Waals surface area contributed by atoms with Crippen LogP contribution in [-0.4, -0.2) is 59.0 Å². The topological polar surface area (TPSA) is 70.0 Å². The van der Waals surface area contributed by atoms with Crippen molar-refractivity contribution in [2.45, 2.75) is 78.0 Å². The Morgan fingerprint density at radius 3 is 2.71 bits per heavy atom. The Labute approximate surface area is 188 Å². The number of nitrogens with zero attached hydrogens (tertiary/aromatic N) is 1. The summed E-state index contributed by atoms with van der Waals surface area (Å²) < 4.78 is 5.61. The molecule has 31 heavy (non-hydrogen) atoms. The van der Waals surface area contributed by atoms with Gasteiger partial charge in [0.05, 0.1) is 18.8 Å². The summed E-state index contributed by atoms with van der Waals surface area (Å²) in [7, 11) is 1.80. The van der Waals surface area contributed by atoms with Gasteiger partial charge in [-0.3, -0.25) is 4.79 Å². The van der Waals surface area contributed by atoms with Crippen molar-refractivity contribution < 1.29 is 19.7 Å². The van der Waals surface area contributed by atoms with Crippen LogP contribution in [0.1, 0.15) is 60.3 Å². The molecule has 0 bridgehead atoms. The van der Waals surface area contributed by atoms with Crippen LogP contribution in [0.15, 0.2) is 23.8 Å². The molecule has 2 N–H and O–H groups in total. The Hall–Kier alpha value is -1.61. The Balaban J connectivity index is 1.85. The number of rotatable bonds is 8. The molecule has 0 heterocycles. The third kappa shape index (κ3) is 7.20. The lowest BCUT2D eigenvalue weighted by molar-refractivity contribution is -0.138. The van der Waals surface area contributed by atoms with Crippen LogP contribution in [-0.2, 0) is 9.53 Å². The molecule has 5 nitrogen and oxygen atoms in total. The van der Waals surface area contributed by atoms with Gasteiger partial charge in [0.25, 0.3) is 0 Å². The standard InChI is InChI=1S/C26H41NO4/c1-7-8-9-18(2)23(28)11-10-21-22-15-19(14-20(22)16-24(21)29)12-13-31-17-25(30)27(6)26(3,4)5/h10-12,18,20-24,28-29H,9,13-17H2,1-6H3/b11-10+,19-12+/t18-,20-,21+,22-,23+,24+/m0/s1. The molecule has 0 aliphatic heterocycles. The van der Waals surface area contributed by atoms with Gasteiger partial charge < -0.3 is 19.8 Å². The van der Waals surface area contributed by atoms with Crippen molar-refractivity contribution in [1.82, 2.24) is 4.90 Å². The van der Waals surface area contributed by atoms with E-state index < -0.39 is 6.10 Å². The number of amides is 1. The van der Waals surface area contributed by atoms with Crippen molar-refractivity contribution >= 4 is 5.91 Å². The summed E-state index contributed by atoms with van der Waals surface area (Å²) in [6.07, 6.45) is 8.50. The maximum Gasteiger partial charge on any atom is 0.248 e. The smallest absolute Gasteiger partial charge is 0.248 e. The summed E-state index contributed by atoms with van der Waals surface area (Å²) in [5, 5.41) is 20.9. The van der Waals surface area contributed by atoms with Gasteiger partial charge in [0.15, 0.2) is 0 Å². The molecule has 2 saturated carbocycles. The minimum absolute atomic E-state index is 0.0137. The highest BCUT2D eigenvalue weighted by Gasteiger charge is 2.45. The molecule has 2 rings (SSSR count). The second kappa shape index (κ2) is 11.3. The number of hydrogen-bond acceptors (Lipinski definition) is 4. The normalized spacial score (nSPS) is 29.0. The second-order valence-electron chi connectivity index (χ2n) is 10.2. The maximum atomic E-state index is 12.2. The quantitative estimate of drug-likeness (QED) is 0.350. The van der Waals surface area contributed by atoms with Gasteiger partial charge in [-0.1, -0.05) is 30.7 Å². The van der Waals surface area contributed by atoms with E-state index in [1.807, 2.05) is 46.8 Å². The number of carbonyl (C=O) groups is 1. The highest BCUT2D eigenvalue weighted by molar-refractivity contribution is 5.77. The fourth-order valence-corrected chi connectivity index (χ4v) is 4.55. The molecule has 1 amide bonds. The molecule has 0 unspecified atom stereocenters. The van der Waals surface area contributed by atoms with Gasteiger partial charge in [0.1, 0.15) is 6.61 Å². The number of likely N-dealkylation sites (N-methyl/N-ethyl adjacent to an activating group) is 1. The van der Waals surface area contributed by atoms with Crippen LogP contribution in [0.5, 0.6) is 0 Å². The van der Waals surface area contributed by atoms with Crippen molar-refractivity contribution in [2.75, 3.05) is 20.3 Å². The SMILES string of the molecule is CC#CC[C@H](C)[C@H](O)/C=C/[C@@H]1[C@H]2C/C(=C/COCC(=O)N(C)C(C)(C)C)C[C@H]2C[C@H]1O. The van der Waals surface area contributed by atoms with Crippen molar-refractivity contribution in [3.63, 3.8) is 0 Å². The minimum atomic E-state index is -0.541. The third-order valence-corrected chi connectivity index (χ3v) is 6.92. The van der Waals surface area contributed by atoms with E-state index in [9.17, 15) is 15.0 Å². The lowest BCUT2D eigenvalue weighted by atomic mass is 9.89. The molecule has 2 aliphatic rings. The number of hydrogen-bond donors (Lipinski definition) is 2. The zero-order chi connectivity index (χ0) is 23.2. The molecule has 0 aromatic heterocycles. The molecule has 2 aliphatic carbocycles. The third-order valence-electron chi connectivity index (χ3n) is 6.92. The van der Waals surface area contributed by atoms with Crippen LogP contribution in [0.3, 0.4) is 0 Å². The number of aliphatic hydroxyl groups excluding tert-OH is 2. The first-order valence-corrected chi connectivity index (χ1v) is 11.5. The largest absolute Gasteiger partial charge is 0.392 e. The highest BCUT2D eigenvalue weighted by Crippen LogP contribution is 2.50. The summed E-state index contributed by atoms with van der Waals surface area (Å²) >= 11 is 0. The average Bonchev–Trinajstić information content (AvgIpc) is 3.22. The molecule has 0 aromatic rings. The predicted molar refractivity (Wildman–Crippen MR) is 124 cm³/mol. The maximum absolute atomic E-state index is 12.2. The fourth-order valence-electron chi connectivity index (χ4n) is 4.55. The van der Waals surface area contributed by atoms with E-state index in [0.717, 1.165) is 19.3 Å². The van der Waals surface area contributed by atoms with E-state index >= 15 is 0 Å². The van der Waals surface area contributed by atoms with E-state index in [1.165, 1.54) is 5.57 Å². The van der Waals surface area contributed by atoms with Crippen molar-refractivity contribution in [1.29, 1.82) is 0 Å². The zero-order valence-corrected chi connectivity index (χ0v) is 20.1. The summed E-state index contributed by atoms with van der Waals surface area (Å²) in [6.45, 7) is 10.3. The van der Waals surface area contributed by atoms with Gasteiger partial charge in [-0.25, -0.2) is 0 Å². The van der Waals surface area contributed by atoms with E-state index in [4.69, 9.17) is 4.74 Å². The Kier molecular flexibility index (Phi) is 9.36. The minimum Gasteiger partial charge on any atom is -0.392 e. The predicted octanol–water partition coefficient (Wildman–Crippen LogP) is 3.56. The van der Waals surface area contributed by atoms with Gasteiger partial charge in [0, 0.05) is 24.9 Å². The molecule has 0 radical (unpaired) electrons. The summed E-state index contributed by atoms with van der Waals surface area (Å²) in [5.74, 6) is 6.92. The van der Waals surface area contributed by atoms with Crippen LogP contribution >= 0.6 is 0 Å². The fraction of sp³-hybridized carbons (Fsp3) is 0.731. The molecule has 0 saturated heterocycles. The van der Waals surface area contributed by atoms with Crippen LogP contribution in [0.4, 0.5) is 0 Å². The van der Waals surface area contributed by atoms with Crippen molar-refractivity contribution in [3.05, 3.63) is 23.8 Å². The Bertz CT molecular complexity index is 724. The summed E-state index contributed by atoms with van der Waals surface area (Å²) in [4.78, 5) is 13.9. The molecule has 2 fully saturated rings. The van der Waals surface area contributed by atoms with Gasteiger partial charge in [-0.2, -0.15) is 0 Å². The van der Waals surface area contributed by atoms with Gasteiger partial charge in [-0.15, -0.1) is 11.8 Å². The van der Waals surface area contributed by atoms with Gasteiger partial charge >= 0.3 is 0 Å². The Morgan fingerprint density at radius 2 is 2.06 bits per heavy atom. The second-order valence-corrected chi connectivity index (χ2v) is 10.2. The monoisotopic (exact) mass is 431 g/mol. The number of fused-ring (bicyclic) bond motifs is 1. The van der Waals surface area contributed by atoms with E-state index in [0.29, 0.717) is 24.9 Å². The van der Waals surface area contributed by atoms with E-state index in [-0.39, 0.29) is 36.0 Å². The first-order chi connectivity index (χ1) is 14.5. The van der Waals surface area contributed by atoms with Crippen LogP contribution in [0.25, 0.3) is 0 Å². The van der Waals surface area contributed by atoms with Crippen LogP contribution < -0.4 is 0 Å². The molecular weight excluding hydrogens is 390 g/mol. The Morgan fingerprint density at radius 1 is 1.35 bits per heavy atom. The summed E-state index contributed by atoms with van der Waals surface area (Å²) in [6, 6.07) is 0. The number of allylic oxidation sites excluding steroid dienone is 1. The lowest BCUT2D eigenvalue weighted by Gasteiger charge is -2.31. The van der Waals surface area contributed by atoms with Gasteiger partial charge in [0.2, 0.25) is 5.91 Å².